The van der Waals surface area contributed by atoms with E-state index in [-0.39, 0.29) is 6.04 Å². The van der Waals surface area contributed by atoms with Crippen LogP contribution in [-0.4, -0.2) is 35.4 Å². The predicted molar refractivity (Wildman–Crippen MR) is 73.8 cm³/mol. The van der Waals surface area contributed by atoms with Gasteiger partial charge in [0.05, 0.1) is 12.6 Å². The van der Waals surface area contributed by atoms with Gasteiger partial charge in [0.15, 0.2) is 0 Å². The van der Waals surface area contributed by atoms with E-state index in [0.29, 0.717) is 6.61 Å². The first-order valence-electron chi connectivity index (χ1n) is 6.51. The first-order valence-corrected chi connectivity index (χ1v) is 6.51. The van der Waals surface area contributed by atoms with Gasteiger partial charge in [0.2, 0.25) is 0 Å². The lowest BCUT2D eigenvalue weighted by Gasteiger charge is -2.18. The lowest BCUT2D eigenvalue weighted by atomic mass is 10.1. The van der Waals surface area contributed by atoms with Gasteiger partial charge < -0.3 is 10.1 Å². The van der Waals surface area contributed by atoms with Crippen molar-refractivity contribution < 1.29 is 4.74 Å². The molecule has 5 nitrogen and oxygen atoms in total. The van der Waals surface area contributed by atoms with Crippen LogP contribution in [0.15, 0.2) is 36.7 Å². The molecule has 2 aromatic rings. The molecule has 2 rings (SSSR count). The minimum absolute atomic E-state index is 0.237. The van der Waals surface area contributed by atoms with Crippen molar-refractivity contribution >= 4 is 0 Å². The third-order valence-electron chi connectivity index (χ3n) is 2.98. The molecule has 5 heteroatoms. The summed E-state index contributed by atoms with van der Waals surface area (Å²) in [7, 11) is 1.73. The Balaban J connectivity index is 1.77. The van der Waals surface area contributed by atoms with Crippen molar-refractivity contribution in [2.24, 2.45) is 0 Å². The summed E-state index contributed by atoms with van der Waals surface area (Å²) in [4.78, 5) is 4.11. The molecule has 0 aliphatic heterocycles. The maximum atomic E-state index is 5.27. The molecule has 2 N–H and O–H groups in total. The number of nitrogens with one attached hydrogen (secondary N) is 2. The van der Waals surface area contributed by atoms with Crippen LogP contribution in [0.25, 0.3) is 0 Å². The molecule has 1 atom stereocenters. The second kappa shape index (κ2) is 7.66. The first kappa shape index (κ1) is 13.7. The number of nitrogens with zero attached hydrogens (tertiary/aromatic N) is 2. The molecule has 19 heavy (non-hydrogen) atoms. The Morgan fingerprint density at radius 2 is 2.16 bits per heavy atom. The summed E-state index contributed by atoms with van der Waals surface area (Å²) < 4.78 is 5.27. The molecule has 0 saturated carbocycles. The minimum atomic E-state index is 0.237. The molecule has 0 saturated heterocycles. The third kappa shape index (κ3) is 4.46. The monoisotopic (exact) mass is 260 g/mol. The van der Waals surface area contributed by atoms with E-state index in [1.165, 1.54) is 5.56 Å². The molecule has 1 heterocycles. The zero-order valence-electron chi connectivity index (χ0n) is 11.2. The van der Waals surface area contributed by atoms with Crippen LogP contribution in [0.4, 0.5) is 0 Å². The highest BCUT2D eigenvalue weighted by atomic mass is 16.5. The Kier molecular flexibility index (Phi) is 5.52. The number of benzene rings is 1. The highest BCUT2D eigenvalue weighted by molar-refractivity contribution is 5.18. The average Bonchev–Trinajstić information content (AvgIpc) is 2.96. The van der Waals surface area contributed by atoms with Crippen molar-refractivity contribution in [1.29, 1.82) is 0 Å². The molecular formula is C14H20N4O. The summed E-state index contributed by atoms with van der Waals surface area (Å²) in [5.74, 6) is 0.935. The molecule has 1 unspecified atom stereocenters. The van der Waals surface area contributed by atoms with Gasteiger partial charge in [-0.1, -0.05) is 30.3 Å². The van der Waals surface area contributed by atoms with E-state index < -0.39 is 0 Å². The summed E-state index contributed by atoms with van der Waals surface area (Å²) in [6.45, 7) is 1.59. The summed E-state index contributed by atoms with van der Waals surface area (Å²) in [6, 6.07) is 10.6. The molecule has 0 bridgehead atoms. The average molecular weight is 260 g/mol. The number of ether oxygens (including phenoxy) is 1. The summed E-state index contributed by atoms with van der Waals surface area (Å²) >= 11 is 0. The van der Waals surface area contributed by atoms with E-state index in [4.69, 9.17) is 4.74 Å². The highest BCUT2D eigenvalue weighted by Crippen LogP contribution is 2.12. The fourth-order valence-corrected chi connectivity index (χ4v) is 2.01. The van der Waals surface area contributed by atoms with Gasteiger partial charge in [0.25, 0.3) is 0 Å². The van der Waals surface area contributed by atoms with Crippen LogP contribution >= 0.6 is 0 Å². The first-order chi connectivity index (χ1) is 9.40. The third-order valence-corrected chi connectivity index (χ3v) is 2.98. The molecule has 1 aromatic heterocycles. The Morgan fingerprint density at radius 3 is 2.84 bits per heavy atom. The topological polar surface area (TPSA) is 62.8 Å². The van der Waals surface area contributed by atoms with Crippen molar-refractivity contribution in [3.8, 4) is 0 Å². The zero-order valence-corrected chi connectivity index (χ0v) is 11.2. The van der Waals surface area contributed by atoms with Crippen LogP contribution in [0.1, 0.15) is 23.9 Å². The van der Waals surface area contributed by atoms with Crippen LogP contribution in [-0.2, 0) is 11.2 Å². The van der Waals surface area contributed by atoms with Crippen molar-refractivity contribution in [2.75, 3.05) is 20.3 Å². The van der Waals surface area contributed by atoms with E-state index >= 15 is 0 Å². The number of H-pyrrole nitrogens is 1. The summed E-state index contributed by atoms with van der Waals surface area (Å²) in [5.41, 5.74) is 1.25. The zero-order chi connectivity index (χ0) is 13.3. The normalized spacial score (nSPS) is 12.5. The second-order valence-electron chi connectivity index (χ2n) is 4.41. The Labute approximate surface area is 113 Å². The number of hydrogen-bond acceptors (Lipinski definition) is 4. The lowest BCUT2D eigenvalue weighted by molar-refractivity contribution is 0.167. The Bertz CT molecular complexity index is 444. The molecule has 0 radical (unpaired) electrons. The number of aryl methyl sites for hydroxylation is 1. The van der Waals surface area contributed by atoms with Gasteiger partial charge in [-0.05, 0) is 18.5 Å². The molecule has 0 fully saturated rings. The molecule has 102 valence electrons. The van der Waals surface area contributed by atoms with Crippen LogP contribution in [0.5, 0.6) is 0 Å². The standard InChI is InChI=1S/C14H20N4O/c1-19-10-13(12-6-3-2-4-7-12)15-9-5-8-14-16-11-17-18-14/h2-4,6-7,11,13,15H,5,8-10H2,1H3,(H,16,17,18). The molecule has 0 amide bonds. The van der Waals surface area contributed by atoms with E-state index in [0.717, 1.165) is 25.2 Å². The number of rotatable bonds is 8. The van der Waals surface area contributed by atoms with Crippen molar-refractivity contribution in [2.45, 2.75) is 18.9 Å². The van der Waals surface area contributed by atoms with Gasteiger partial charge in [-0.15, -0.1) is 0 Å². The van der Waals surface area contributed by atoms with Gasteiger partial charge in [0, 0.05) is 13.5 Å². The van der Waals surface area contributed by atoms with Crippen molar-refractivity contribution in [3.63, 3.8) is 0 Å². The van der Waals surface area contributed by atoms with Crippen molar-refractivity contribution in [1.82, 2.24) is 20.5 Å². The van der Waals surface area contributed by atoms with E-state index in [2.05, 4.69) is 32.6 Å². The lowest BCUT2D eigenvalue weighted by Crippen LogP contribution is -2.26. The number of aromatic nitrogens is 3. The van der Waals surface area contributed by atoms with Gasteiger partial charge in [0.1, 0.15) is 12.2 Å². The minimum Gasteiger partial charge on any atom is -0.383 e. The Morgan fingerprint density at radius 1 is 1.32 bits per heavy atom. The number of aromatic amines is 1. The van der Waals surface area contributed by atoms with Crippen molar-refractivity contribution in [3.05, 3.63) is 48.0 Å². The predicted octanol–water partition coefficient (Wildman–Crippen LogP) is 1.71. The molecule has 0 spiro atoms. The molecular weight excluding hydrogens is 240 g/mol. The molecule has 1 aromatic carbocycles. The maximum Gasteiger partial charge on any atom is 0.137 e. The second-order valence-corrected chi connectivity index (χ2v) is 4.41. The van der Waals surface area contributed by atoms with E-state index in [1.807, 2.05) is 18.2 Å². The van der Waals surface area contributed by atoms with Gasteiger partial charge in [-0.25, -0.2) is 4.98 Å². The fourth-order valence-electron chi connectivity index (χ4n) is 2.01. The number of hydrogen-bond donors (Lipinski definition) is 2. The smallest absolute Gasteiger partial charge is 0.137 e. The summed E-state index contributed by atoms with van der Waals surface area (Å²) in [6.07, 6.45) is 3.46. The molecule has 0 aliphatic carbocycles. The van der Waals surface area contributed by atoms with Crippen LogP contribution < -0.4 is 5.32 Å². The molecule has 0 aliphatic rings. The maximum absolute atomic E-state index is 5.27. The van der Waals surface area contributed by atoms with E-state index in [9.17, 15) is 0 Å². The van der Waals surface area contributed by atoms with Gasteiger partial charge in [-0.3, -0.25) is 5.10 Å². The number of methoxy groups -OCH3 is 1. The van der Waals surface area contributed by atoms with Crippen LogP contribution in [0, 0.1) is 0 Å². The van der Waals surface area contributed by atoms with Crippen LogP contribution in [0.2, 0.25) is 0 Å². The quantitative estimate of drug-likeness (QED) is 0.709. The SMILES string of the molecule is COCC(NCCCc1ncn[nH]1)c1ccccc1. The van der Waals surface area contributed by atoms with Gasteiger partial charge in [-0.2, -0.15) is 5.10 Å². The van der Waals surface area contributed by atoms with E-state index in [1.54, 1.807) is 13.4 Å². The Hall–Kier alpha value is -1.72. The highest BCUT2D eigenvalue weighted by Gasteiger charge is 2.09. The fraction of sp³-hybridized carbons (Fsp3) is 0.429. The van der Waals surface area contributed by atoms with Gasteiger partial charge >= 0.3 is 0 Å². The largest absolute Gasteiger partial charge is 0.383 e. The summed E-state index contributed by atoms with van der Waals surface area (Å²) in [5, 5.41) is 10.2. The van der Waals surface area contributed by atoms with Crippen LogP contribution in [0.3, 0.4) is 0 Å².